The maximum atomic E-state index is 11.2. The van der Waals surface area contributed by atoms with Gasteiger partial charge in [-0.05, 0) is 19.2 Å². The molecule has 70 valence electrons. The lowest BCUT2D eigenvalue weighted by molar-refractivity contribution is 0.0963. The molecule has 4 nitrogen and oxygen atoms in total. The minimum atomic E-state index is -0.0836. The van der Waals surface area contributed by atoms with Crippen molar-refractivity contribution in [2.75, 3.05) is 14.1 Å². The topological polar surface area (TPSA) is 54.0 Å². The molecule has 0 saturated carbocycles. The van der Waals surface area contributed by atoms with E-state index in [9.17, 15) is 4.79 Å². The van der Waals surface area contributed by atoms with Crippen LogP contribution >= 0.6 is 0 Å². The van der Waals surface area contributed by atoms with E-state index in [0.29, 0.717) is 12.1 Å². The summed E-state index contributed by atoms with van der Waals surface area (Å²) in [6.45, 7) is 0.671. The first kappa shape index (κ1) is 9.67. The second kappa shape index (κ2) is 4.57. The van der Waals surface area contributed by atoms with Gasteiger partial charge < -0.3 is 10.6 Å². The van der Waals surface area contributed by atoms with Crippen molar-refractivity contribution >= 4 is 5.91 Å². The fraction of sp³-hybridized carbons (Fsp3) is 0.333. The van der Waals surface area contributed by atoms with Crippen LogP contribution in [0.25, 0.3) is 0 Å². The number of carbonyl (C=O) groups excluding carboxylic acids is 1. The molecule has 1 aromatic rings. The number of aromatic nitrogens is 1. The van der Waals surface area contributed by atoms with Crippen molar-refractivity contribution in [3.8, 4) is 0 Å². The second-order valence-corrected chi connectivity index (χ2v) is 2.65. The van der Waals surface area contributed by atoms with Gasteiger partial charge in [0.1, 0.15) is 0 Å². The Bertz CT molecular complexity index is 299. The molecular weight excluding hydrogens is 166 g/mol. The highest BCUT2D eigenvalue weighted by Crippen LogP contribution is 2.00. The molecule has 0 saturated heterocycles. The molecule has 0 bridgehead atoms. The molecule has 1 amide bonds. The highest BCUT2D eigenvalue weighted by molar-refractivity contribution is 5.93. The van der Waals surface area contributed by atoms with Gasteiger partial charge in [-0.15, -0.1) is 0 Å². The first-order valence-electron chi connectivity index (χ1n) is 4.09. The van der Waals surface area contributed by atoms with Crippen LogP contribution in [0.1, 0.15) is 16.1 Å². The van der Waals surface area contributed by atoms with E-state index in [-0.39, 0.29) is 5.91 Å². The standard InChI is InChI=1S/C9H13N3O/c1-10-6-8-5-7(3-4-12-8)9(13)11-2/h3-5,10H,6H2,1-2H3,(H,11,13). The van der Waals surface area contributed by atoms with Gasteiger partial charge >= 0.3 is 0 Å². The van der Waals surface area contributed by atoms with Gasteiger partial charge in [0.15, 0.2) is 0 Å². The molecular formula is C9H13N3O. The van der Waals surface area contributed by atoms with Crippen LogP contribution in [0.2, 0.25) is 0 Å². The number of hydrogen-bond donors (Lipinski definition) is 2. The Kier molecular flexibility index (Phi) is 3.40. The third-order valence-electron chi connectivity index (χ3n) is 1.66. The molecule has 1 aromatic heterocycles. The van der Waals surface area contributed by atoms with Crippen molar-refractivity contribution in [3.63, 3.8) is 0 Å². The van der Waals surface area contributed by atoms with Crippen molar-refractivity contribution in [1.82, 2.24) is 15.6 Å². The molecule has 2 N–H and O–H groups in total. The molecule has 1 rings (SSSR count). The molecule has 4 heteroatoms. The van der Waals surface area contributed by atoms with E-state index < -0.39 is 0 Å². The molecule has 0 atom stereocenters. The summed E-state index contributed by atoms with van der Waals surface area (Å²) in [6, 6.07) is 3.47. The molecule has 0 radical (unpaired) electrons. The highest BCUT2D eigenvalue weighted by atomic mass is 16.1. The fourth-order valence-corrected chi connectivity index (χ4v) is 1.04. The smallest absolute Gasteiger partial charge is 0.251 e. The average Bonchev–Trinajstić information content (AvgIpc) is 2.18. The minimum Gasteiger partial charge on any atom is -0.355 e. The number of carbonyl (C=O) groups is 1. The zero-order valence-corrected chi connectivity index (χ0v) is 7.79. The summed E-state index contributed by atoms with van der Waals surface area (Å²) in [5.74, 6) is -0.0836. The van der Waals surface area contributed by atoms with E-state index in [1.807, 2.05) is 7.05 Å². The molecule has 0 aliphatic heterocycles. The van der Waals surface area contributed by atoms with Crippen molar-refractivity contribution < 1.29 is 4.79 Å². The number of rotatable bonds is 3. The molecule has 0 aromatic carbocycles. The Labute approximate surface area is 77.4 Å². The SMILES string of the molecule is CNCc1cc(C(=O)NC)ccn1. The summed E-state index contributed by atoms with van der Waals surface area (Å²) in [6.07, 6.45) is 1.64. The van der Waals surface area contributed by atoms with E-state index in [1.165, 1.54) is 0 Å². The van der Waals surface area contributed by atoms with E-state index in [0.717, 1.165) is 5.69 Å². The maximum absolute atomic E-state index is 11.2. The second-order valence-electron chi connectivity index (χ2n) is 2.65. The number of nitrogens with zero attached hydrogens (tertiary/aromatic N) is 1. The summed E-state index contributed by atoms with van der Waals surface area (Å²) in [5, 5.41) is 5.54. The summed E-state index contributed by atoms with van der Waals surface area (Å²) >= 11 is 0. The fourth-order valence-electron chi connectivity index (χ4n) is 1.04. The lowest BCUT2D eigenvalue weighted by Gasteiger charge is -2.02. The van der Waals surface area contributed by atoms with Crippen molar-refractivity contribution in [3.05, 3.63) is 29.6 Å². The van der Waals surface area contributed by atoms with Gasteiger partial charge in [-0.3, -0.25) is 9.78 Å². The molecule has 13 heavy (non-hydrogen) atoms. The lowest BCUT2D eigenvalue weighted by Crippen LogP contribution is -2.18. The number of amides is 1. The molecule has 0 fully saturated rings. The van der Waals surface area contributed by atoms with Crippen LogP contribution in [0.3, 0.4) is 0 Å². The maximum Gasteiger partial charge on any atom is 0.251 e. The van der Waals surface area contributed by atoms with Crippen LogP contribution in [-0.4, -0.2) is 25.0 Å². The summed E-state index contributed by atoms with van der Waals surface area (Å²) < 4.78 is 0. The van der Waals surface area contributed by atoms with Gasteiger partial charge in [-0.1, -0.05) is 0 Å². The van der Waals surface area contributed by atoms with Gasteiger partial charge in [0.25, 0.3) is 5.91 Å². The summed E-state index contributed by atoms with van der Waals surface area (Å²) in [4.78, 5) is 15.3. The van der Waals surface area contributed by atoms with Crippen molar-refractivity contribution in [2.45, 2.75) is 6.54 Å². The van der Waals surface area contributed by atoms with Gasteiger partial charge in [-0.2, -0.15) is 0 Å². The quantitative estimate of drug-likeness (QED) is 0.695. The molecule has 0 aliphatic rings. The summed E-state index contributed by atoms with van der Waals surface area (Å²) in [7, 11) is 3.45. The Balaban J connectivity index is 2.85. The Morgan fingerprint density at radius 2 is 2.31 bits per heavy atom. The third-order valence-corrected chi connectivity index (χ3v) is 1.66. The average molecular weight is 179 g/mol. The lowest BCUT2D eigenvalue weighted by atomic mass is 10.2. The van der Waals surface area contributed by atoms with E-state index in [4.69, 9.17) is 0 Å². The van der Waals surface area contributed by atoms with Crippen LogP contribution in [0.4, 0.5) is 0 Å². The molecule has 0 unspecified atom stereocenters. The summed E-state index contributed by atoms with van der Waals surface area (Å²) in [5.41, 5.74) is 1.51. The Morgan fingerprint density at radius 3 is 2.92 bits per heavy atom. The number of hydrogen-bond acceptors (Lipinski definition) is 3. The Morgan fingerprint density at radius 1 is 1.54 bits per heavy atom. The van der Waals surface area contributed by atoms with E-state index in [1.54, 1.807) is 25.4 Å². The van der Waals surface area contributed by atoms with Crippen LogP contribution in [0, 0.1) is 0 Å². The monoisotopic (exact) mass is 179 g/mol. The van der Waals surface area contributed by atoms with E-state index in [2.05, 4.69) is 15.6 Å². The third kappa shape index (κ3) is 2.52. The van der Waals surface area contributed by atoms with Crippen LogP contribution in [0.15, 0.2) is 18.3 Å². The van der Waals surface area contributed by atoms with Gasteiger partial charge in [0.2, 0.25) is 0 Å². The normalized spacial score (nSPS) is 9.69. The largest absolute Gasteiger partial charge is 0.355 e. The zero-order valence-electron chi connectivity index (χ0n) is 7.79. The minimum absolute atomic E-state index is 0.0836. The predicted octanol–water partition coefficient (Wildman–Crippen LogP) is 0.161. The van der Waals surface area contributed by atoms with Gasteiger partial charge in [0.05, 0.1) is 5.69 Å². The predicted molar refractivity (Wildman–Crippen MR) is 50.4 cm³/mol. The molecule has 0 aliphatic carbocycles. The zero-order chi connectivity index (χ0) is 9.68. The first-order chi connectivity index (χ1) is 6.27. The van der Waals surface area contributed by atoms with Crippen molar-refractivity contribution in [1.29, 1.82) is 0 Å². The number of nitrogens with one attached hydrogen (secondary N) is 2. The molecule has 1 heterocycles. The van der Waals surface area contributed by atoms with Crippen LogP contribution in [-0.2, 0) is 6.54 Å². The van der Waals surface area contributed by atoms with E-state index >= 15 is 0 Å². The van der Waals surface area contributed by atoms with Crippen LogP contribution in [0.5, 0.6) is 0 Å². The number of pyridine rings is 1. The van der Waals surface area contributed by atoms with Crippen LogP contribution < -0.4 is 10.6 Å². The highest BCUT2D eigenvalue weighted by Gasteiger charge is 2.03. The first-order valence-corrected chi connectivity index (χ1v) is 4.09. The van der Waals surface area contributed by atoms with Crippen molar-refractivity contribution in [2.24, 2.45) is 0 Å². The van der Waals surface area contributed by atoms with Gasteiger partial charge in [0, 0.05) is 25.4 Å². The Hall–Kier alpha value is -1.42. The van der Waals surface area contributed by atoms with Gasteiger partial charge in [-0.25, -0.2) is 0 Å². The molecule has 0 spiro atoms.